The lowest BCUT2D eigenvalue weighted by Gasteiger charge is -2.36. The topological polar surface area (TPSA) is 105 Å². The molecule has 0 spiro atoms. The number of hydrazine groups is 1. The van der Waals surface area contributed by atoms with Crippen LogP contribution in [0.1, 0.15) is 67.2 Å². The van der Waals surface area contributed by atoms with Gasteiger partial charge < -0.3 is 20.3 Å². The molecule has 36 heavy (non-hydrogen) atoms. The number of alkyl halides is 1. The number of aromatic amines is 1. The van der Waals surface area contributed by atoms with Crippen LogP contribution < -0.4 is 16.2 Å². The van der Waals surface area contributed by atoms with Crippen molar-refractivity contribution in [3.05, 3.63) is 53.1 Å². The predicted octanol–water partition coefficient (Wildman–Crippen LogP) is 2.70. The standard InChI is InChI=1S/C27H35FN6O2/c1-2-15-12-17(35)5-6-18(15)19-7-8-20-24(23(19)28)32-33-25(20)26-30-13-22(31-26)16-9-11-34(14-16)27(36)21-4-3-10-29-21/h5-6,9,12-13,19-21,23-25,29,32-33,35H,2-4,7-8,10-11,14H2,1H3,(H,30,31)/t19?,20?,21-,23?,24?,25?/m0/s1. The fourth-order valence-corrected chi connectivity index (χ4v) is 6.60. The number of phenols is 1. The number of hydrogen-bond donors (Lipinski definition) is 5. The second-order valence-corrected chi connectivity index (χ2v) is 10.6. The molecule has 1 aromatic heterocycles. The predicted molar refractivity (Wildman–Crippen MR) is 135 cm³/mol. The maximum Gasteiger partial charge on any atom is 0.240 e. The minimum absolute atomic E-state index is 0.0560. The van der Waals surface area contributed by atoms with E-state index in [0.717, 1.165) is 66.9 Å². The van der Waals surface area contributed by atoms with Gasteiger partial charge in [0.15, 0.2) is 0 Å². The fourth-order valence-electron chi connectivity index (χ4n) is 6.60. The second kappa shape index (κ2) is 9.61. The number of carbonyl (C=O) groups excluding carboxylic acids is 1. The van der Waals surface area contributed by atoms with Crippen LogP contribution in [0, 0.1) is 5.92 Å². The maximum absolute atomic E-state index is 15.8. The molecule has 5 N–H and O–H groups in total. The van der Waals surface area contributed by atoms with Crippen LogP contribution in [0.25, 0.3) is 5.57 Å². The van der Waals surface area contributed by atoms with Gasteiger partial charge in [0.2, 0.25) is 5.91 Å². The Hall–Kier alpha value is -2.75. The SMILES string of the molecule is CCc1cc(O)ccc1C1CCC2C(c3ncc(C4=CCN(C(=O)[C@@H]5CCCN5)C4)[nH]3)NNC2C1F. The molecule has 0 bridgehead atoms. The van der Waals surface area contributed by atoms with Gasteiger partial charge in [-0.3, -0.25) is 10.2 Å². The highest BCUT2D eigenvalue weighted by atomic mass is 19.1. The molecule has 1 saturated carbocycles. The number of hydrogen-bond acceptors (Lipinski definition) is 6. The number of aromatic nitrogens is 2. The molecule has 6 atom stereocenters. The summed E-state index contributed by atoms with van der Waals surface area (Å²) in [6, 6.07) is 4.85. The fraction of sp³-hybridized carbons (Fsp3) is 0.556. The first-order valence-corrected chi connectivity index (χ1v) is 13.3. The lowest BCUT2D eigenvalue weighted by atomic mass is 9.71. The number of nitrogens with zero attached hydrogens (tertiary/aromatic N) is 2. The zero-order chi connectivity index (χ0) is 24.8. The molecule has 192 valence electrons. The zero-order valence-electron chi connectivity index (χ0n) is 20.6. The van der Waals surface area contributed by atoms with E-state index >= 15 is 4.39 Å². The first kappa shape index (κ1) is 23.6. The Labute approximate surface area is 210 Å². The number of aryl methyl sites for hydroxylation is 1. The molecule has 9 heteroatoms. The molecule has 4 aliphatic rings. The van der Waals surface area contributed by atoms with Gasteiger partial charge in [0.1, 0.15) is 17.7 Å². The summed E-state index contributed by atoms with van der Waals surface area (Å²) >= 11 is 0. The van der Waals surface area contributed by atoms with Gasteiger partial charge in [-0.05, 0) is 67.5 Å². The van der Waals surface area contributed by atoms with Crippen molar-refractivity contribution in [1.29, 1.82) is 0 Å². The number of amides is 1. The Kier molecular flexibility index (Phi) is 6.31. The van der Waals surface area contributed by atoms with E-state index < -0.39 is 6.17 Å². The quantitative estimate of drug-likeness (QED) is 0.438. The summed E-state index contributed by atoms with van der Waals surface area (Å²) in [5.41, 5.74) is 10.6. The number of nitrogens with one attached hydrogen (secondary N) is 4. The minimum atomic E-state index is -1.04. The third kappa shape index (κ3) is 4.13. The van der Waals surface area contributed by atoms with Crippen LogP contribution in [0.15, 0.2) is 30.5 Å². The number of rotatable bonds is 5. The summed E-state index contributed by atoms with van der Waals surface area (Å²) in [6.45, 7) is 4.16. The summed E-state index contributed by atoms with van der Waals surface area (Å²) in [7, 11) is 0. The number of aromatic hydroxyl groups is 1. The number of halogens is 1. The molecule has 1 amide bonds. The van der Waals surface area contributed by atoms with Crippen molar-refractivity contribution >= 4 is 11.5 Å². The highest BCUT2D eigenvalue weighted by Gasteiger charge is 2.48. The minimum Gasteiger partial charge on any atom is -0.508 e. The van der Waals surface area contributed by atoms with Crippen LogP contribution in [0.4, 0.5) is 4.39 Å². The molecule has 3 aliphatic heterocycles. The second-order valence-electron chi connectivity index (χ2n) is 10.6. The average Bonchev–Trinajstić information content (AvgIpc) is 3.69. The maximum atomic E-state index is 15.8. The van der Waals surface area contributed by atoms with Crippen LogP contribution in [0.3, 0.4) is 0 Å². The Morgan fingerprint density at radius 1 is 1.25 bits per heavy atom. The van der Waals surface area contributed by atoms with Gasteiger partial charge in [0.25, 0.3) is 0 Å². The molecule has 4 heterocycles. The van der Waals surface area contributed by atoms with Gasteiger partial charge in [0, 0.05) is 24.9 Å². The molecule has 1 aromatic carbocycles. The smallest absolute Gasteiger partial charge is 0.240 e. The highest BCUT2D eigenvalue weighted by molar-refractivity contribution is 5.85. The molecule has 6 rings (SSSR count). The largest absolute Gasteiger partial charge is 0.508 e. The van der Waals surface area contributed by atoms with Crippen LogP contribution in [-0.2, 0) is 11.2 Å². The van der Waals surface area contributed by atoms with Crippen molar-refractivity contribution in [2.75, 3.05) is 19.6 Å². The zero-order valence-corrected chi connectivity index (χ0v) is 20.6. The number of H-pyrrole nitrogens is 1. The molecule has 1 aliphatic carbocycles. The number of carbonyl (C=O) groups is 1. The van der Waals surface area contributed by atoms with Crippen LogP contribution in [0.5, 0.6) is 5.75 Å². The van der Waals surface area contributed by atoms with Crippen molar-refractivity contribution < 1.29 is 14.3 Å². The first-order valence-electron chi connectivity index (χ1n) is 13.3. The van der Waals surface area contributed by atoms with Gasteiger partial charge in [-0.1, -0.05) is 19.1 Å². The number of imidazole rings is 1. The summed E-state index contributed by atoms with van der Waals surface area (Å²) in [6.07, 6.45) is 7.25. The van der Waals surface area contributed by atoms with E-state index in [1.165, 1.54) is 0 Å². The van der Waals surface area contributed by atoms with E-state index in [0.29, 0.717) is 13.1 Å². The lowest BCUT2D eigenvalue weighted by molar-refractivity contribution is -0.131. The Morgan fingerprint density at radius 3 is 2.94 bits per heavy atom. The van der Waals surface area contributed by atoms with Crippen LogP contribution >= 0.6 is 0 Å². The molecule has 3 fully saturated rings. The summed E-state index contributed by atoms with van der Waals surface area (Å²) in [5, 5.41) is 13.2. The molecule has 5 unspecified atom stereocenters. The van der Waals surface area contributed by atoms with E-state index in [1.54, 1.807) is 12.1 Å². The Morgan fingerprint density at radius 2 is 2.14 bits per heavy atom. The Balaban J connectivity index is 1.13. The van der Waals surface area contributed by atoms with Crippen molar-refractivity contribution in [3.8, 4) is 5.75 Å². The highest BCUT2D eigenvalue weighted by Crippen LogP contribution is 2.45. The number of benzene rings is 1. The van der Waals surface area contributed by atoms with Crippen molar-refractivity contribution in [3.63, 3.8) is 0 Å². The molecule has 8 nitrogen and oxygen atoms in total. The third-order valence-corrected chi connectivity index (χ3v) is 8.57. The van der Waals surface area contributed by atoms with Crippen molar-refractivity contribution in [2.45, 2.75) is 69.2 Å². The van der Waals surface area contributed by atoms with E-state index in [1.807, 2.05) is 24.1 Å². The van der Waals surface area contributed by atoms with Crippen LogP contribution in [-0.4, -0.2) is 63.8 Å². The van der Waals surface area contributed by atoms with E-state index in [2.05, 4.69) is 32.2 Å². The normalized spacial score (nSPS) is 32.1. The number of phenolic OH excluding ortho intramolecular Hbond substituents is 1. The van der Waals surface area contributed by atoms with Crippen LogP contribution in [0.2, 0.25) is 0 Å². The van der Waals surface area contributed by atoms with Gasteiger partial charge >= 0.3 is 0 Å². The van der Waals surface area contributed by atoms with E-state index in [9.17, 15) is 9.90 Å². The van der Waals surface area contributed by atoms with Gasteiger partial charge in [-0.25, -0.2) is 14.8 Å². The van der Waals surface area contributed by atoms with Crippen molar-refractivity contribution in [1.82, 2.24) is 31.0 Å². The molecule has 2 aromatic rings. The van der Waals surface area contributed by atoms with E-state index in [-0.39, 0.29) is 41.6 Å². The molecule has 0 radical (unpaired) electrons. The third-order valence-electron chi connectivity index (χ3n) is 8.57. The average molecular weight is 495 g/mol. The summed E-state index contributed by atoms with van der Waals surface area (Å²) < 4.78 is 15.8. The Bertz CT molecular complexity index is 1160. The van der Waals surface area contributed by atoms with Gasteiger partial charge in [0.05, 0.1) is 30.0 Å². The monoisotopic (exact) mass is 494 g/mol. The lowest BCUT2D eigenvalue weighted by Crippen LogP contribution is -2.45. The molecular formula is C27H35FN6O2. The molecular weight excluding hydrogens is 459 g/mol. The number of fused-ring (bicyclic) bond motifs is 1. The summed E-state index contributed by atoms with van der Waals surface area (Å²) in [5.74, 6) is 1.10. The van der Waals surface area contributed by atoms with Gasteiger partial charge in [-0.15, -0.1) is 0 Å². The van der Waals surface area contributed by atoms with E-state index in [4.69, 9.17) is 0 Å². The first-order chi connectivity index (χ1) is 17.5. The van der Waals surface area contributed by atoms with Crippen molar-refractivity contribution in [2.24, 2.45) is 5.92 Å². The van der Waals surface area contributed by atoms with Gasteiger partial charge in [-0.2, -0.15) is 0 Å². The molecule has 2 saturated heterocycles. The summed E-state index contributed by atoms with van der Waals surface area (Å²) in [4.78, 5) is 22.8.